The molecule has 8 heteroatoms. The fourth-order valence-electron chi connectivity index (χ4n) is 2.60. The minimum absolute atomic E-state index is 0.0199. The fraction of sp³-hybridized carbons (Fsp3) is 0.316. The molecule has 1 aliphatic heterocycles. The van der Waals surface area contributed by atoms with Crippen LogP contribution >= 0.6 is 22.9 Å². The van der Waals surface area contributed by atoms with Crippen molar-refractivity contribution in [2.24, 2.45) is 0 Å². The quantitative estimate of drug-likeness (QED) is 0.543. The van der Waals surface area contributed by atoms with Gasteiger partial charge in [0.15, 0.2) is 6.61 Å². The molecule has 0 bridgehead atoms. The van der Waals surface area contributed by atoms with E-state index in [0.717, 1.165) is 4.88 Å². The van der Waals surface area contributed by atoms with Gasteiger partial charge < -0.3 is 14.4 Å². The molecule has 0 N–H and O–H groups in total. The molecule has 2 heterocycles. The van der Waals surface area contributed by atoms with Crippen LogP contribution in [0.3, 0.4) is 0 Å². The van der Waals surface area contributed by atoms with Gasteiger partial charge in [0, 0.05) is 23.0 Å². The number of morpholine rings is 1. The molecule has 142 valence electrons. The normalized spacial score (nSPS) is 14.0. The highest BCUT2D eigenvalue weighted by Crippen LogP contribution is 2.19. The highest BCUT2D eigenvalue weighted by molar-refractivity contribution is 7.14. The number of rotatable bonds is 6. The minimum atomic E-state index is -0.606. The SMILES string of the molecule is O=C(OCC(=O)c1ccc(CC(=O)N2CCOCC2)s1)c1cccc(Cl)c1. The van der Waals surface area contributed by atoms with E-state index in [2.05, 4.69) is 0 Å². The van der Waals surface area contributed by atoms with Crippen molar-refractivity contribution in [2.45, 2.75) is 6.42 Å². The topological polar surface area (TPSA) is 72.9 Å². The molecule has 1 saturated heterocycles. The Hall–Kier alpha value is -2.22. The molecule has 3 rings (SSSR count). The van der Waals surface area contributed by atoms with Crippen LogP contribution in [0.4, 0.5) is 0 Å². The zero-order valence-electron chi connectivity index (χ0n) is 14.5. The molecular formula is C19H18ClNO5S. The van der Waals surface area contributed by atoms with Crippen LogP contribution in [0.1, 0.15) is 24.9 Å². The van der Waals surface area contributed by atoms with E-state index < -0.39 is 5.97 Å². The Morgan fingerprint density at radius 3 is 2.67 bits per heavy atom. The second-order valence-electron chi connectivity index (χ2n) is 5.95. The van der Waals surface area contributed by atoms with Crippen LogP contribution in [-0.2, 0) is 20.7 Å². The molecule has 1 amide bonds. The zero-order valence-corrected chi connectivity index (χ0v) is 16.1. The maximum atomic E-state index is 12.3. The lowest BCUT2D eigenvalue weighted by Gasteiger charge is -2.26. The van der Waals surface area contributed by atoms with Gasteiger partial charge in [0.1, 0.15) is 0 Å². The third-order valence-electron chi connectivity index (χ3n) is 4.02. The number of Topliss-reactive ketones (excluding diaryl/α,β-unsaturated/α-hetero) is 1. The van der Waals surface area contributed by atoms with Gasteiger partial charge in [-0.25, -0.2) is 4.79 Å². The van der Waals surface area contributed by atoms with Crippen LogP contribution in [0.2, 0.25) is 5.02 Å². The number of amides is 1. The Bertz CT molecular complexity index is 844. The van der Waals surface area contributed by atoms with E-state index in [-0.39, 0.29) is 24.7 Å². The van der Waals surface area contributed by atoms with Crippen LogP contribution in [0.15, 0.2) is 36.4 Å². The molecule has 0 unspecified atom stereocenters. The summed E-state index contributed by atoms with van der Waals surface area (Å²) in [5.41, 5.74) is 0.290. The fourth-order valence-corrected chi connectivity index (χ4v) is 3.71. The molecule has 27 heavy (non-hydrogen) atoms. The summed E-state index contributed by atoms with van der Waals surface area (Å²) in [5.74, 6) is -0.892. The van der Waals surface area contributed by atoms with Gasteiger partial charge in [-0.2, -0.15) is 0 Å². The number of hydrogen-bond donors (Lipinski definition) is 0. The van der Waals surface area contributed by atoms with Crippen LogP contribution in [0, 0.1) is 0 Å². The second kappa shape index (κ2) is 9.12. The number of ether oxygens (including phenoxy) is 2. The Labute approximate surface area is 165 Å². The van der Waals surface area contributed by atoms with Gasteiger partial charge in [-0.05, 0) is 30.3 Å². The van der Waals surface area contributed by atoms with Crippen molar-refractivity contribution in [3.05, 3.63) is 56.7 Å². The summed E-state index contributed by atoms with van der Waals surface area (Å²) in [5, 5.41) is 0.420. The summed E-state index contributed by atoms with van der Waals surface area (Å²) in [6.45, 7) is 1.93. The molecule has 6 nitrogen and oxygen atoms in total. The first-order valence-electron chi connectivity index (χ1n) is 8.43. The Morgan fingerprint density at radius 2 is 1.93 bits per heavy atom. The molecule has 0 atom stereocenters. The van der Waals surface area contributed by atoms with Gasteiger partial charge in [-0.15, -0.1) is 11.3 Å². The average molecular weight is 408 g/mol. The van der Waals surface area contributed by atoms with Crippen molar-refractivity contribution >= 4 is 40.6 Å². The van der Waals surface area contributed by atoms with Crippen molar-refractivity contribution in [1.82, 2.24) is 4.90 Å². The highest BCUT2D eigenvalue weighted by Gasteiger charge is 2.19. The average Bonchev–Trinajstić information content (AvgIpc) is 3.15. The molecular weight excluding hydrogens is 390 g/mol. The van der Waals surface area contributed by atoms with Crippen molar-refractivity contribution < 1.29 is 23.9 Å². The first-order valence-corrected chi connectivity index (χ1v) is 9.62. The van der Waals surface area contributed by atoms with Crippen molar-refractivity contribution in [3.63, 3.8) is 0 Å². The van der Waals surface area contributed by atoms with Gasteiger partial charge >= 0.3 is 5.97 Å². The summed E-state index contributed by atoms with van der Waals surface area (Å²) in [7, 11) is 0. The third kappa shape index (κ3) is 5.38. The van der Waals surface area contributed by atoms with Crippen LogP contribution < -0.4 is 0 Å². The number of benzene rings is 1. The number of halogens is 1. The summed E-state index contributed by atoms with van der Waals surface area (Å²) in [6, 6.07) is 9.75. The van der Waals surface area contributed by atoms with Gasteiger partial charge in [-0.3, -0.25) is 9.59 Å². The number of carbonyl (C=O) groups is 3. The number of thiophene rings is 1. The second-order valence-corrected chi connectivity index (χ2v) is 7.55. The van der Waals surface area contributed by atoms with Crippen LogP contribution in [0.5, 0.6) is 0 Å². The van der Waals surface area contributed by atoms with Gasteiger partial charge in [0.2, 0.25) is 11.7 Å². The number of ketones is 1. The molecule has 0 spiro atoms. The number of esters is 1. The largest absolute Gasteiger partial charge is 0.454 e. The molecule has 0 aliphatic carbocycles. The minimum Gasteiger partial charge on any atom is -0.454 e. The summed E-state index contributed by atoms with van der Waals surface area (Å²) >= 11 is 7.08. The summed E-state index contributed by atoms with van der Waals surface area (Å²) < 4.78 is 10.3. The van der Waals surface area contributed by atoms with E-state index in [4.69, 9.17) is 21.1 Å². The van der Waals surface area contributed by atoms with E-state index in [1.807, 2.05) is 0 Å². The van der Waals surface area contributed by atoms with E-state index in [1.165, 1.54) is 17.4 Å². The van der Waals surface area contributed by atoms with E-state index in [0.29, 0.717) is 41.8 Å². The Morgan fingerprint density at radius 1 is 1.15 bits per heavy atom. The van der Waals surface area contributed by atoms with Crippen molar-refractivity contribution in [2.75, 3.05) is 32.9 Å². The maximum absolute atomic E-state index is 12.3. The third-order valence-corrected chi connectivity index (χ3v) is 5.38. The predicted octanol–water partition coefficient (Wildman–Crippen LogP) is 2.84. The Balaban J connectivity index is 1.52. The smallest absolute Gasteiger partial charge is 0.338 e. The zero-order chi connectivity index (χ0) is 19.2. The molecule has 0 saturated carbocycles. The summed E-state index contributed by atoms with van der Waals surface area (Å²) in [4.78, 5) is 39.5. The standard InChI is InChI=1S/C19H18ClNO5S/c20-14-3-1-2-13(10-14)19(24)26-12-16(22)17-5-4-15(27-17)11-18(23)21-6-8-25-9-7-21/h1-5,10H,6-9,11-12H2. The van der Waals surface area contributed by atoms with Crippen LogP contribution in [0.25, 0.3) is 0 Å². The maximum Gasteiger partial charge on any atom is 0.338 e. The molecule has 1 aliphatic rings. The van der Waals surface area contributed by atoms with E-state index >= 15 is 0 Å². The first kappa shape index (κ1) is 19.5. The van der Waals surface area contributed by atoms with Gasteiger partial charge in [0.25, 0.3) is 0 Å². The van der Waals surface area contributed by atoms with Gasteiger partial charge in [-0.1, -0.05) is 17.7 Å². The Kier molecular flexibility index (Phi) is 6.60. The lowest BCUT2D eigenvalue weighted by atomic mass is 10.2. The number of nitrogens with zero attached hydrogens (tertiary/aromatic N) is 1. The van der Waals surface area contributed by atoms with E-state index in [9.17, 15) is 14.4 Å². The van der Waals surface area contributed by atoms with Gasteiger partial charge in [0.05, 0.1) is 30.1 Å². The van der Waals surface area contributed by atoms with Crippen molar-refractivity contribution in [1.29, 1.82) is 0 Å². The molecule has 1 aromatic carbocycles. The van der Waals surface area contributed by atoms with Crippen molar-refractivity contribution in [3.8, 4) is 0 Å². The summed E-state index contributed by atoms with van der Waals surface area (Å²) in [6.07, 6.45) is 0.250. The van der Waals surface area contributed by atoms with Crippen LogP contribution in [-0.4, -0.2) is 55.5 Å². The number of hydrogen-bond acceptors (Lipinski definition) is 6. The molecule has 0 radical (unpaired) electrons. The number of carbonyl (C=O) groups excluding carboxylic acids is 3. The molecule has 1 fully saturated rings. The van der Waals surface area contributed by atoms with E-state index in [1.54, 1.807) is 35.2 Å². The predicted molar refractivity (Wildman–Crippen MR) is 101 cm³/mol. The highest BCUT2D eigenvalue weighted by atomic mass is 35.5. The lowest BCUT2D eigenvalue weighted by Crippen LogP contribution is -2.41. The molecule has 1 aromatic heterocycles. The first-order chi connectivity index (χ1) is 13.0. The lowest BCUT2D eigenvalue weighted by molar-refractivity contribution is -0.134. The molecule has 2 aromatic rings. The monoisotopic (exact) mass is 407 g/mol.